The second kappa shape index (κ2) is 5.94. The molecule has 0 spiro atoms. The molecule has 1 N–H and O–H groups in total. The van der Waals surface area contributed by atoms with Gasteiger partial charge in [-0.2, -0.15) is 4.31 Å². The van der Waals surface area contributed by atoms with Crippen LogP contribution in [-0.2, 0) is 10.0 Å². The third-order valence-corrected chi connectivity index (χ3v) is 5.92. The third kappa shape index (κ3) is 3.39. The molecule has 1 saturated heterocycles. The highest BCUT2D eigenvalue weighted by Gasteiger charge is 2.33. The summed E-state index contributed by atoms with van der Waals surface area (Å²) in [6.07, 6.45) is 0. The van der Waals surface area contributed by atoms with Crippen LogP contribution in [0.5, 0.6) is 0 Å². The van der Waals surface area contributed by atoms with Crippen LogP contribution in [0, 0.1) is 0 Å². The van der Waals surface area contributed by atoms with Crippen molar-refractivity contribution in [3.05, 3.63) is 24.3 Å². The van der Waals surface area contributed by atoms with E-state index in [1.807, 2.05) is 6.07 Å². The summed E-state index contributed by atoms with van der Waals surface area (Å²) in [6.45, 7) is 9.10. The van der Waals surface area contributed by atoms with E-state index in [0.29, 0.717) is 23.7 Å². The number of sulfonamides is 1. The van der Waals surface area contributed by atoms with E-state index in [9.17, 15) is 8.42 Å². The molecule has 0 bridgehead atoms. The fourth-order valence-electron chi connectivity index (χ4n) is 2.64. The number of nitrogens with zero attached hydrogens (tertiary/aromatic N) is 2. The molecule has 5 nitrogen and oxygen atoms in total. The largest absolute Gasteiger partial charge is 0.387 e. The summed E-state index contributed by atoms with van der Waals surface area (Å²) in [5.74, 6) is 0. The molecule has 21 heavy (non-hydrogen) atoms. The van der Waals surface area contributed by atoms with Crippen molar-refractivity contribution in [2.45, 2.75) is 31.2 Å². The quantitative estimate of drug-likeness (QED) is 0.925. The number of hydrogen-bond donors (Lipinski definition) is 1. The van der Waals surface area contributed by atoms with Gasteiger partial charge in [-0.25, -0.2) is 8.42 Å². The second-order valence-corrected chi connectivity index (χ2v) is 8.21. The first-order chi connectivity index (χ1) is 9.76. The van der Waals surface area contributed by atoms with Crippen molar-refractivity contribution in [2.75, 3.05) is 38.5 Å². The van der Waals surface area contributed by atoms with E-state index in [4.69, 9.17) is 0 Å². The van der Waals surface area contributed by atoms with Crippen LogP contribution in [0.1, 0.15) is 20.8 Å². The van der Waals surface area contributed by atoms with Gasteiger partial charge in [0.05, 0.1) is 5.69 Å². The Morgan fingerprint density at radius 2 is 1.62 bits per heavy atom. The molecule has 1 aromatic rings. The Morgan fingerprint density at radius 3 is 2.14 bits per heavy atom. The van der Waals surface area contributed by atoms with Crippen molar-refractivity contribution < 1.29 is 8.42 Å². The maximum atomic E-state index is 12.8. The summed E-state index contributed by atoms with van der Waals surface area (Å²) in [6, 6.07) is 7.05. The average Bonchev–Trinajstić information content (AvgIpc) is 2.46. The van der Waals surface area contributed by atoms with Gasteiger partial charge in [0.1, 0.15) is 4.90 Å². The molecule has 1 aliphatic rings. The summed E-state index contributed by atoms with van der Waals surface area (Å²) < 4.78 is 27.2. The monoisotopic (exact) mass is 311 g/mol. The first-order valence-corrected chi connectivity index (χ1v) is 8.73. The number of piperazine rings is 1. The summed E-state index contributed by atoms with van der Waals surface area (Å²) in [5.41, 5.74) is 0.731. The summed E-state index contributed by atoms with van der Waals surface area (Å²) in [5, 5.41) is 2.96. The average molecular weight is 311 g/mol. The van der Waals surface area contributed by atoms with Gasteiger partial charge in [0, 0.05) is 38.8 Å². The lowest BCUT2D eigenvalue weighted by Gasteiger charge is -2.41. The molecule has 0 unspecified atom stereocenters. The molecule has 118 valence electrons. The van der Waals surface area contributed by atoms with E-state index < -0.39 is 10.0 Å². The van der Waals surface area contributed by atoms with E-state index >= 15 is 0 Å². The Morgan fingerprint density at radius 1 is 1.05 bits per heavy atom. The van der Waals surface area contributed by atoms with Crippen LogP contribution in [0.2, 0.25) is 0 Å². The molecule has 0 radical (unpaired) electrons. The number of para-hydroxylation sites is 1. The minimum Gasteiger partial charge on any atom is -0.387 e. The molecule has 1 aliphatic heterocycles. The maximum Gasteiger partial charge on any atom is 0.245 e. The highest BCUT2D eigenvalue weighted by atomic mass is 32.2. The standard InChI is InChI=1S/C15H25N3O2S/c1-15(2,3)17-9-11-18(12-10-17)21(19,20)14-8-6-5-7-13(14)16-4/h5-8,16H,9-12H2,1-4H3. The number of nitrogens with one attached hydrogen (secondary N) is 1. The Bertz CT molecular complexity index is 585. The maximum absolute atomic E-state index is 12.8. The van der Waals surface area contributed by atoms with Gasteiger partial charge in [-0.3, -0.25) is 4.90 Å². The fourth-order valence-corrected chi connectivity index (χ4v) is 4.26. The molecular formula is C15H25N3O2S. The lowest BCUT2D eigenvalue weighted by Crippen LogP contribution is -2.54. The molecule has 0 atom stereocenters. The van der Waals surface area contributed by atoms with Crippen LogP contribution < -0.4 is 5.32 Å². The predicted octanol–water partition coefficient (Wildman–Crippen LogP) is 1.83. The van der Waals surface area contributed by atoms with Crippen LogP contribution in [0.15, 0.2) is 29.2 Å². The zero-order valence-electron chi connectivity index (χ0n) is 13.3. The molecule has 0 amide bonds. The van der Waals surface area contributed by atoms with Gasteiger partial charge in [0.25, 0.3) is 0 Å². The highest BCUT2D eigenvalue weighted by Crippen LogP contribution is 2.26. The van der Waals surface area contributed by atoms with Gasteiger partial charge < -0.3 is 5.32 Å². The molecule has 0 saturated carbocycles. The van der Waals surface area contributed by atoms with E-state index in [1.165, 1.54) is 0 Å². The molecule has 1 fully saturated rings. The molecular weight excluding hydrogens is 286 g/mol. The second-order valence-electron chi connectivity index (χ2n) is 6.31. The van der Waals surface area contributed by atoms with Crippen LogP contribution in [0.3, 0.4) is 0 Å². The van der Waals surface area contributed by atoms with E-state index in [2.05, 4.69) is 31.0 Å². The van der Waals surface area contributed by atoms with Gasteiger partial charge >= 0.3 is 0 Å². The van der Waals surface area contributed by atoms with Crippen LogP contribution >= 0.6 is 0 Å². The molecule has 1 heterocycles. The Labute approximate surface area is 128 Å². The highest BCUT2D eigenvalue weighted by molar-refractivity contribution is 7.89. The van der Waals surface area contributed by atoms with Crippen molar-refractivity contribution in [2.24, 2.45) is 0 Å². The van der Waals surface area contributed by atoms with Gasteiger partial charge in [-0.15, -0.1) is 0 Å². The summed E-state index contributed by atoms with van der Waals surface area (Å²) >= 11 is 0. The number of hydrogen-bond acceptors (Lipinski definition) is 4. The van der Waals surface area contributed by atoms with Crippen molar-refractivity contribution >= 4 is 15.7 Å². The van der Waals surface area contributed by atoms with E-state index in [0.717, 1.165) is 13.1 Å². The van der Waals surface area contributed by atoms with Gasteiger partial charge in [-0.1, -0.05) is 12.1 Å². The Kier molecular flexibility index (Phi) is 4.60. The van der Waals surface area contributed by atoms with Crippen molar-refractivity contribution in [3.63, 3.8) is 0 Å². The fraction of sp³-hybridized carbons (Fsp3) is 0.600. The van der Waals surface area contributed by atoms with Gasteiger partial charge in [0.2, 0.25) is 10.0 Å². The Balaban J connectivity index is 2.19. The van der Waals surface area contributed by atoms with Crippen LogP contribution in [-0.4, -0.2) is 56.4 Å². The van der Waals surface area contributed by atoms with Crippen molar-refractivity contribution in [1.82, 2.24) is 9.21 Å². The topological polar surface area (TPSA) is 52.7 Å². The lowest BCUT2D eigenvalue weighted by atomic mass is 10.1. The SMILES string of the molecule is CNc1ccccc1S(=O)(=O)N1CCN(C(C)(C)C)CC1. The number of anilines is 1. The number of benzene rings is 1. The predicted molar refractivity (Wildman–Crippen MR) is 86.1 cm³/mol. The smallest absolute Gasteiger partial charge is 0.245 e. The van der Waals surface area contributed by atoms with Gasteiger partial charge in [-0.05, 0) is 32.9 Å². The molecule has 1 aromatic carbocycles. The minimum absolute atomic E-state index is 0.0821. The first kappa shape index (κ1) is 16.3. The van der Waals surface area contributed by atoms with E-state index in [1.54, 1.807) is 29.6 Å². The molecule has 6 heteroatoms. The third-order valence-electron chi connectivity index (χ3n) is 3.96. The zero-order valence-corrected chi connectivity index (χ0v) is 14.1. The molecule has 0 aliphatic carbocycles. The minimum atomic E-state index is -3.43. The lowest BCUT2D eigenvalue weighted by molar-refractivity contribution is 0.0922. The van der Waals surface area contributed by atoms with Gasteiger partial charge in [0.15, 0.2) is 0 Å². The number of rotatable bonds is 3. The zero-order chi connectivity index (χ0) is 15.7. The Hall–Kier alpha value is -1.11. The summed E-state index contributed by atoms with van der Waals surface area (Å²) in [4.78, 5) is 2.68. The first-order valence-electron chi connectivity index (χ1n) is 7.29. The van der Waals surface area contributed by atoms with Crippen LogP contribution in [0.25, 0.3) is 0 Å². The molecule has 0 aromatic heterocycles. The van der Waals surface area contributed by atoms with Crippen molar-refractivity contribution in [3.8, 4) is 0 Å². The van der Waals surface area contributed by atoms with Crippen molar-refractivity contribution in [1.29, 1.82) is 0 Å². The van der Waals surface area contributed by atoms with E-state index in [-0.39, 0.29) is 5.54 Å². The molecule has 2 rings (SSSR count). The summed E-state index contributed by atoms with van der Waals surface area (Å²) in [7, 11) is -1.69. The van der Waals surface area contributed by atoms with Crippen LogP contribution in [0.4, 0.5) is 5.69 Å². The normalized spacial score (nSPS) is 18.7.